The monoisotopic (exact) mass is 292 g/mol. The van der Waals surface area contributed by atoms with Gasteiger partial charge in [-0.3, -0.25) is 4.90 Å². The van der Waals surface area contributed by atoms with Crippen molar-refractivity contribution in [2.24, 2.45) is 5.92 Å². The molecule has 2 heterocycles. The summed E-state index contributed by atoms with van der Waals surface area (Å²) in [4.78, 5) is 4.94. The van der Waals surface area contributed by atoms with Crippen molar-refractivity contribution in [2.45, 2.75) is 38.3 Å². The fraction of sp³-hybridized carbons (Fsp3) is 0.647. The third-order valence-corrected chi connectivity index (χ3v) is 5.37. The largest absolute Gasteiger partial charge is 0.508 e. The lowest BCUT2D eigenvalue weighted by Gasteiger charge is -2.47. The molecular formula is C17H25FN2O. The smallest absolute Gasteiger partial charge is 0.126 e. The van der Waals surface area contributed by atoms with Crippen molar-refractivity contribution < 1.29 is 9.50 Å². The van der Waals surface area contributed by atoms with Crippen LogP contribution in [0.3, 0.4) is 0 Å². The molecule has 0 aliphatic carbocycles. The van der Waals surface area contributed by atoms with Crippen molar-refractivity contribution in [1.29, 1.82) is 0 Å². The summed E-state index contributed by atoms with van der Waals surface area (Å²) < 4.78 is 13.1. The molecule has 0 amide bonds. The normalized spacial score (nSPS) is 29.1. The van der Waals surface area contributed by atoms with E-state index in [1.807, 2.05) is 0 Å². The van der Waals surface area contributed by atoms with E-state index in [0.717, 1.165) is 24.6 Å². The molecule has 1 N–H and O–H groups in total. The molecule has 2 fully saturated rings. The molecule has 1 aromatic carbocycles. The molecule has 4 heteroatoms. The van der Waals surface area contributed by atoms with E-state index in [2.05, 4.69) is 23.8 Å². The van der Waals surface area contributed by atoms with Crippen LogP contribution in [0.4, 0.5) is 4.39 Å². The minimum atomic E-state index is -0.379. The van der Waals surface area contributed by atoms with Crippen LogP contribution >= 0.6 is 0 Å². The van der Waals surface area contributed by atoms with Crippen LogP contribution in [0.2, 0.25) is 0 Å². The highest BCUT2D eigenvalue weighted by atomic mass is 19.1. The second kappa shape index (κ2) is 5.93. The van der Waals surface area contributed by atoms with Crippen molar-refractivity contribution in [3.63, 3.8) is 0 Å². The van der Waals surface area contributed by atoms with Crippen LogP contribution in [-0.4, -0.2) is 47.6 Å². The molecule has 116 valence electrons. The van der Waals surface area contributed by atoms with E-state index in [0.29, 0.717) is 6.04 Å². The highest BCUT2D eigenvalue weighted by molar-refractivity contribution is 5.35. The first-order valence-electron chi connectivity index (χ1n) is 7.99. The van der Waals surface area contributed by atoms with Crippen LogP contribution in [-0.2, 0) is 0 Å². The molecular weight excluding hydrogens is 267 g/mol. The molecule has 3 nitrogen and oxygen atoms in total. The van der Waals surface area contributed by atoms with Crippen molar-refractivity contribution >= 4 is 0 Å². The van der Waals surface area contributed by atoms with E-state index in [-0.39, 0.29) is 17.6 Å². The van der Waals surface area contributed by atoms with Crippen LogP contribution in [0.5, 0.6) is 5.75 Å². The third-order valence-electron chi connectivity index (χ3n) is 5.37. The Balaban J connectivity index is 1.72. The van der Waals surface area contributed by atoms with E-state index in [1.165, 1.54) is 37.9 Å². The standard InChI is InChI=1S/C17H25FN2O/c1-12(15-6-5-14(18)10-17(15)21)20-9-7-16-13(11-20)4-3-8-19(16)2/h5-6,10,12-13,16,21H,3-4,7-9,11H2,1-2H3. The van der Waals surface area contributed by atoms with E-state index >= 15 is 0 Å². The van der Waals surface area contributed by atoms with Crippen molar-refractivity contribution in [1.82, 2.24) is 9.80 Å². The lowest BCUT2D eigenvalue weighted by Crippen LogP contribution is -2.53. The number of nitrogens with zero attached hydrogens (tertiary/aromatic N) is 2. The number of hydrogen-bond donors (Lipinski definition) is 1. The zero-order valence-corrected chi connectivity index (χ0v) is 12.9. The summed E-state index contributed by atoms with van der Waals surface area (Å²) in [6, 6.07) is 5.22. The number of hydrogen-bond acceptors (Lipinski definition) is 3. The Bertz CT molecular complexity index is 508. The molecule has 3 unspecified atom stereocenters. The van der Waals surface area contributed by atoms with Crippen LogP contribution in [0.1, 0.15) is 37.8 Å². The second-order valence-corrected chi connectivity index (χ2v) is 6.61. The minimum Gasteiger partial charge on any atom is -0.508 e. The molecule has 2 aliphatic heterocycles. The van der Waals surface area contributed by atoms with Gasteiger partial charge < -0.3 is 10.0 Å². The maximum atomic E-state index is 13.1. The molecule has 0 saturated carbocycles. The first kappa shape index (κ1) is 14.8. The molecule has 1 aromatic rings. The summed E-state index contributed by atoms with van der Waals surface area (Å²) in [7, 11) is 2.24. The predicted octanol–water partition coefficient (Wildman–Crippen LogP) is 3.01. The van der Waals surface area contributed by atoms with Gasteiger partial charge in [0.2, 0.25) is 0 Å². The molecule has 3 atom stereocenters. The van der Waals surface area contributed by atoms with Gasteiger partial charge in [-0.15, -0.1) is 0 Å². The van der Waals surface area contributed by atoms with Gasteiger partial charge in [0.05, 0.1) is 0 Å². The highest BCUT2D eigenvalue weighted by Crippen LogP contribution is 2.35. The van der Waals surface area contributed by atoms with Gasteiger partial charge >= 0.3 is 0 Å². The van der Waals surface area contributed by atoms with Gasteiger partial charge in [0.1, 0.15) is 11.6 Å². The summed E-state index contributed by atoms with van der Waals surface area (Å²) in [6.45, 7) is 5.45. The quantitative estimate of drug-likeness (QED) is 0.907. The average molecular weight is 292 g/mol. The minimum absolute atomic E-state index is 0.0744. The first-order chi connectivity index (χ1) is 10.1. The number of fused-ring (bicyclic) bond motifs is 1. The number of piperidine rings is 2. The van der Waals surface area contributed by atoms with Crippen LogP contribution in [0, 0.1) is 11.7 Å². The van der Waals surface area contributed by atoms with Crippen LogP contribution < -0.4 is 0 Å². The van der Waals surface area contributed by atoms with Crippen molar-refractivity contribution in [3.8, 4) is 5.75 Å². The summed E-state index contributed by atoms with van der Waals surface area (Å²) >= 11 is 0. The Labute approximate surface area is 126 Å². The SMILES string of the molecule is CC(c1ccc(F)cc1O)N1CCC2C(CCCN2C)C1. The number of likely N-dealkylation sites (tertiary alicyclic amines) is 2. The molecule has 2 saturated heterocycles. The van der Waals surface area contributed by atoms with Gasteiger partial charge in [-0.2, -0.15) is 0 Å². The summed E-state index contributed by atoms with van der Waals surface area (Å²) in [5.41, 5.74) is 0.832. The zero-order chi connectivity index (χ0) is 15.0. The Morgan fingerprint density at radius 1 is 1.29 bits per heavy atom. The van der Waals surface area contributed by atoms with E-state index in [9.17, 15) is 9.50 Å². The van der Waals surface area contributed by atoms with Gasteiger partial charge in [0.15, 0.2) is 0 Å². The number of rotatable bonds is 2. The van der Waals surface area contributed by atoms with E-state index in [1.54, 1.807) is 6.07 Å². The summed E-state index contributed by atoms with van der Waals surface area (Å²) in [5, 5.41) is 9.99. The first-order valence-corrected chi connectivity index (χ1v) is 7.99. The third kappa shape index (κ3) is 2.92. The number of aromatic hydroxyl groups is 1. The maximum Gasteiger partial charge on any atom is 0.126 e. The Morgan fingerprint density at radius 2 is 2.10 bits per heavy atom. The zero-order valence-electron chi connectivity index (χ0n) is 12.9. The Hall–Kier alpha value is -1.13. The molecule has 0 spiro atoms. The van der Waals surface area contributed by atoms with Crippen LogP contribution in [0.25, 0.3) is 0 Å². The van der Waals surface area contributed by atoms with Gasteiger partial charge in [-0.05, 0) is 51.8 Å². The Morgan fingerprint density at radius 3 is 2.86 bits per heavy atom. The fourth-order valence-corrected chi connectivity index (χ4v) is 4.10. The average Bonchev–Trinajstić information content (AvgIpc) is 2.46. The molecule has 2 aliphatic rings. The molecule has 0 radical (unpaired) electrons. The van der Waals surface area contributed by atoms with Crippen molar-refractivity contribution in [2.75, 3.05) is 26.7 Å². The topological polar surface area (TPSA) is 26.7 Å². The number of phenolic OH excluding ortho intramolecular Hbond substituents is 1. The lowest BCUT2D eigenvalue weighted by atomic mass is 9.83. The number of phenols is 1. The van der Waals surface area contributed by atoms with Crippen molar-refractivity contribution in [3.05, 3.63) is 29.6 Å². The highest BCUT2D eigenvalue weighted by Gasteiger charge is 2.36. The molecule has 0 aromatic heterocycles. The van der Waals surface area contributed by atoms with Crippen LogP contribution in [0.15, 0.2) is 18.2 Å². The van der Waals surface area contributed by atoms with Gasteiger partial charge in [0.25, 0.3) is 0 Å². The fourth-order valence-electron chi connectivity index (χ4n) is 4.10. The summed E-state index contributed by atoms with van der Waals surface area (Å²) in [5.74, 6) is 0.420. The number of halogens is 1. The molecule has 0 bridgehead atoms. The van der Waals surface area contributed by atoms with Gasteiger partial charge in [0, 0.05) is 36.8 Å². The maximum absolute atomic E-state index is 13.1. The second-order valence-electron chi connectivity index (χ2n) is 6.61. The predicted molar refractivity (Wildman–Crippen MR) is 81.8 cm³/mol. The lowest BCUT2D eigenvalue weighted by molar-refractivity contribution is 0.0225. The molecule has 3 rings (SSSR count). The summed E-state index contributed by atoms with van der Waals surface area (Å²) in [6.07, 6.45) is 3.77. The van der Waals surface area contributed by atoms with E-state index in [4.69, 9.17) is 0 Å². The van der Waals surface area contributed by atoms with Gasteiger partial charge in [-0.25, -0.2) is 4.39 Å². The number of benzene rings is 1. The van der Waals surface area contributed by atoms with E-state index < -0.39 is 0 Å². The Kier molecular flexibility index (Phi) is 4.18. The van der Waals surface area contributed by atoms with Gasteiger partial charge in [-0.1, -0.05) is 6.07 Å². The molecule has 21 heavy (non-hydrogen) atoms.